The van der Waals surface area contributed by atoms with Crippen LogP contribution in [0.5, 0.6) is 5.75 Å². The molecule has 0 saturated heterocycles. The van der Waals surface area contributed by atoms with Crippen molar-refractivity contribution in [2.75, 3.05) is 12.3 Å². The van der Waals surface area contributed by atoms with Gasteiger partial charge in [-0.05, 0) is 24.6 Å². The molecule has 122 valence electrons. The van der Waals surface area contributed by atoms with E-state index in [1.165, 1.54) is 37.5 Å². The highest BCUT2D eigenvalue weighted by atomic mass is 16.7. The highest BCUT2D eigenvalue weighted by Gasteiger charge is 2.15. The first-order chi connectivity index (χ1) is 10.5. The average molecular weight is 309 g/mol. The van der Waals surface area contributed by atoms with Crippen LogP contribution in [0.4, 0.5) is 10.5 Å². The molecule has 6 heteroatoms. The lowest BCUT2D eigenvalue weighted by molar-refractivity contribution is 0.0689. The maximum Gasteiger partial charge on any atom is 0.513 e. The van der Waals surface area contributed by atoms with E-state index in [4.69, 9.17) is 20.3 Å². The fourth-order valence-corrected chi connectivity index (χ4v) is 1.96. The van der Waals surface area contributed by atoms with Crippen molar-refractivity contribution in [2.45, 2.75) is 45.4 Å². The third kappa shape index (κ3) is 6.47. The van der Waals surface area contributed by atoms with Gasteiger partial charge in [-0.25, -0.2) is 9.59 Å². The van der Waals surface area contributed by atoms with Gasteiger partial charge in [0.15, 0.2) is 0 Å². The van der Waals surface area contributed by atoms with Crippen LogP contribution in [0.25, 0.3) is 0 Å². The minimum Gasteiger partial charge on any atom is -0.478 e. The molecule has 0 bridgehead atoms. The summed E-state index contributed by atoms with van der Waals surface area (Å²) in [5.74, 6) is -1.29. The van der Waals surface area contributed by atoms with Crippen molar-refractivity contribution in [1.29, 1.82) is 0 Å². The highest BCUT2D eigenvalue weighted by Crippen LogP contribution is 2.22. The number of carbonyl (C=O) groups excluding carboxylic acids is 1. The molecule has 0 unspecified atom stereocenters. The molecule has 6 nitrogen and oxygen atoms in total. The summed E-state index contributed by atoms with van der Waals surface area (Å²) in [5.41, 5.74) is 5.62. The minimum absolute atomic E-state index is 0.0744. The summed E-state index contributed by atoms with van der Waals surface area (Å²) in [6.07, 6.45) is 5.58. The molecule has 0 aliphatic heterocycles. The van der Waals surface area contributed by atoms with Crippen LogP contribution >= 0.6 is 0 Å². The lowest BCUT2D eigenvalue weighted by Gasteiger charge is -2.08. The summed E-state index contributed by atoms with van der Waals surface area (Å²) in [5, 5.41) is 9.03. The Kier molecular flexibility index (Phi) is 7.81. The van der Waals surface area contributed by atoms with Crippen molar-refractivity contribution < 1.29 is 24.2 Å². The zero-order chi connectivity index (χ0) is 16.4. The molecule has 1 rings (SSSR count). The number of hydrogen-bond acceptors (Lipinski definition) is 5. The van der Waals surface area contributed by atoms with E-state index in [2.05, 4.69) is 6.92 Å². The van der Waals surface area contributed by atoms with Gasteiger partial charge in [-0.15, -0.1) is 0 Å². The molecule has 0 atom stereocenters. The van der Waals surface area contributed by atoms with Crippen LogP contribution in [0.15, 0.2) is 18.2 Å². The summed E-state index contributed by atoms with van der Waals surface area (Å²) in [6, 6.07) is 4.03. The second kappa shape index (κ2) is 9.65. The second-order valence-electron chi connectivity index (χ2n) is 5.03. The molecular weight excluding hydrogens is 286 g/mol. The molecule has 3 N–H and O–H groups in total. The maximum atomic E-state index is 11.5. The van der Waals surface area contributed by atoms with E-state index in [0.29, 0.717) is 0 Å². The average Bonchev–Trinajstić information content (AvgIpc) is 2.48. The van der Waals surface area contributed by atoms with Crippen molar-refractivity contribution in [3.8, 4) is 5.75 Å². The zero-order valence-electron chi connectivity index (χ0n) is 12.8. The first-order valence-electron chi connectivity index (χ1n) is 7.52. The molecular formula is C16H23NO5. The smallest absolute Gasteiger partial charge is 0.478 e. The molecule has 0 spiro atoms. The van der Waals surface area contributed by atoms with E-state index in [0.717, 1.165) is 19.3 Å². The molecule has 0 aliphatic carbocycles. The largest absolute Gasteiger partial charge is 0.513 e. The number of benzene rings is 1. The molecule has 0 heterocycles. The van der Waals surface area contributed by atoms with E-state index in [-0.39, 0.29) is 23.6 Å². The van der Waals surface area contributed by atoms with Crippen LogP contribution in [0, 0.1) is 0 Å². The van der Waals surface area contributed by atoms with E-state index < -0.39 is 12.1 Å². The fraction of sp³-hybridized carbons (Fsp3) is 0.500. The SMILES string of the molecule is CCCCCCCCOC(=O)Oc1ccc(N)cc1C(=O)O. The molecule has 0 aromatic heterocycles. The predicted molar refractivity (Wildman–Crippen MR) is 83.2 cm³/mol. The first kappa shape index (κ1) is 17.8. The van der Waals surface area contributed by atoms with Crippen molar-refractivity contribution in [2.24, 2.45) is 0 Å². The number of unbranched alkanes of at least 4 members (excludes halogenated alkanes) is 5. The molecule has 0 saturated carbocycles. The Morgan fingerprint density at radius 3 is 2.50 bits per heavy atom. The Morgan fingerprint density at radius 2 is 1.82 bits per heavy atom. The quantitative estimate of drug-likeness (QED) is 0.311. The van der Waals surface area contributed by atoms with E-state index in [9.17, 15) is 9.59 Å². The van der Waals surface area contributed by atoms with Gasteiger partial charge in [0.2, 0.25) is 0 Å². The number of nitrogens with two attached hydrogens (primary N) is 1. The zero-order valence-corrected chi connectivity index (χ0v) is 12.8. The highest BCUT2D eigenvalue weighted by molar-refractivity contribution is 5.92. The Bertz CT molecular complexity index is 501. The van der Waals surface area contributed by atoms with Gasteiger partial charge < -0.3 is 20.3 Å². The standard InChI is InChI=1S/C16H23NO5/c1-2-3-4-5-6-7-10-21-16(20)22-14-9-8-12(17)11-13(14)15(18)19/h8-9,11H,2-7,10,17H2,1H3,(H,18,19). The molecule has 22 heavy (non-hydrogen) atoms. The number of carbonyl (C=O) groups is 2. The Hall–Kier alpha value is -2.24. The van der Waals surface area contributed by atoms with Crippen LogP contribution in [-0.4, -0.2) is 23.8 Å². The van der Waals surface area contributed by atoms with Crippen LogP contribution in [0.1, 0.15) is 55.8 Å². The van der Waals surface area contributed by atoms with Crippen molar-refractivity contribution >= 4 is 17.8 Å². The number of anilines is 1. The number of aromatic carboxylic acids is 1. The summed E-state index contributed by atoms with van der Waals surface area (Å²) >= 11 is 0. The van der Waals surface area contributed by atoms with Crippen LogP contribution in [-0.2, 0) is 4.74 Å². The van der Waals surface area contributed by atoms with E-state index in [1.807, 2.05) is 0 Å². The monoisotopic (exact) mass is 309 g/mol. The van der Waals surface area contributed by atoms with Gasteiger partial charge in [-0.1, -0.05) is 39.0 Å². The Labute approximate surface area is 130 Å². The van der Waals surface area contributed by atoms with Gasteiger partial charge in [0.25, 0.3) is 0 Å². The third-order valence-electron chi connectivity index (χ3n) is 3.15. The molecule has 1 aromatic rings. The van der Waals surface area contributed by atoms with E-state index in [1.54, 1.807) is 0 Å². The van der Waals surface area contributed by atoms with Crippen LogP contribution in [0.3, 0.4) is 0 Å². The Balaban J connectivity index is 2.35. The van der Waals surface area contributed by atoms with Gasteiger partial charge in [-0.2, -0.15) is 0 Å². The van der Waals surface area contributed by atoms with Gasteiger partial charge in [-0.3, -0.25) is 0 Å². The molecule has 0 amide bonds. The Morgan fingerprint density at radius 1 is 1.14 bits per heavy atom. The lowest BCUT2D eigenvalue weighted by atomic mass is 10.1. The number of rotatable bonds is 9. The number of hydrogen-bond donors (Lipinski definition) is 2. The normalized spacial score (nSPS) is 10.2. The number of nitrogen functional groups attached to an aromatic ring is 1. The summed E-state index contributed by atoms with van der Waals surface area (Å²) in [7, 11) is 0. The first-order valence-corrected chi connectivity index (χ1v) is 7.52. The van der Waals surface area contributed by atoms with E-state index >= 15 is 0 Å². The predicted octanol–water partition coefficient (Wildman–Crippen LogP) is 3.84. The molecule has 1 aromatic carbocycles. The number of carboxylic acids is 1. The summed E-state index contributed by atoms with van der Waals surface area (Å²) in [6.45, 7) is 2.42. The van der Waals surface area contributed by atoms with Crippen LogP contribution in [0.2, 0.25) is 0 Å². The summed E-state index contributed by atoms with van der Waals surface area (Å²) < 4.78 is 9.84. The third-order valence-corrected chi connectivity index (χ3v) is 3.15. The van der Waals surface area contributed by atoms with Gasteiger partial charge >= 0.3 is 12.1 Å². The van der Waals surface area contributed by atoms with Gasteiger partial charge in [0.1, 0.15) is 11.3 Å². The maximum absolute atomic E-state index is 11.5. The topological polar surface area (TPSA) is 98.9 Å². The fourth-order valence-electron chi connectivity index (χ4n) is 1.96. The van der Waals surface area contributed by atoms with Crippen LogP contribution < -0.4 is 10.5 Å². The van der Waals surface area contributed by atoms with Gasteiger partial charge in [0.05, 0.1) is 6.61 Å². The summed E-state index contributed by atoms with van der Waals surface area (Å²) in [4.78, 5) is 22.6. The number of ether oxygens (including phenoxy) is 2. The molecule has 0 aliphatic rings. The van der Waals surface area contributed by atoms with Crippen molar-refractivity contribution in [1.82, 2.24) is 0 Å². The lowest BCUT2D eigenvalue weighted by Crippen LogP contribution is -2.14. The second-order valence-corrected chi connectivity index (χ2v) is 5.03. The molecule has 0 radical (unpaired) electrons. The minimum atomic E-state index is -1.22. The van der Waals surface area contributed by atoms with Crippen molar-refractivity contribution in [3.05, 3.63) is 23.8 Å². The number of carboxylic acid groups (broad SMARTS) is 1. The van der Waals surface area contributed by atoms with Crippen molar-refractivity contribution in [3.63, 3.8) is 0 Å². The van der Waals surface area contributed by atoms with Gasteiger partial charge in [0, 0.05) is 5.69 Å². The molecule has 0 fully saturated rings.